The third kappa shape index (κ3) is 2.62. The molecule has 0 aromatic carbocycles. The van der Waals surface area contributed by atoms with Crippen molar-refractivity contribution >= 4 is 24.2 Å². The maximum Gasteiger partial charge on any atom is 0.493 e. The van der Waals surface area contributed by atoms with Crippen LogP contribution in [0.25, 0.3) is 0 Å². The molecule has 1 aliphatic heterocycles. The van der Waals surface area contributed by atoms with Crippen LogP contribution in [0.1, 0.15) is 6.42 Å². The van der Waals surface area contributed by atoms with Crippen molar-refractivity contribution in [2.24, 2.45) is 0 Å². The lowest BCUT2D eigenvalue weighted by Gasteiger charge is -2.10. The van der Waals surface area contributed by atoms with Crippen molar-refractivity contribution in [2.45, 2.75) is 12.5 Å². The highest BCUT2D eigenvalue weighted by atomic mass is 35.5. The predicted molar refractivity (Wildman–Crippen MR) is 56.7 cm³/mol. The molecule has 86 valence electrons. The Balaban J connectivity index is 2.08. The van der Waals surface area contributed by atoms with Gasteiger partial charge in [0.2, 0.25) is 0 Å². The number of aromatic nitrogens is 2. The number of nitrogens with zero attached hydrogens (tertiary/aromatic N) is 2. The van der Waals surface area contributed by atoms with Gasteiger partial charge in [0.25, 0.3) is 0 Å². The summed E-state index contributed by atoms with van der Waals surface area (Å²) in [6.45, 7) is 1.16. The largest absolute Gasteiger partial charge is 0.493 e. The van der Waals surface area contributed by atoms with Gasteiger partial charge < -0.3 is 19.5 Å². The van der Waals surface area contributed by atoms with Crippen molar-refractivity contribution in [3.05, 3.63) is 11.3 Å². The fourth-order valence-electron chi connectivity index (χ4n) is 1.34. The molecule has 0 amide bonds. The summed E-state index contributed by atoms with van der Waals surface area (Å²) >= 11 is 5.73. The van der Waals surface area contributed by atoms with Crippen LogP contribution in [0.5, 0.6) is 6.01 Å². The highest BCUT2D eigenvalue weighted by Crippen LogP contribution is 2.13. The minimum absolute atomic E-state index is 0.0288. The van der Waals surface area contributed by atoms with Crippen molar-refractivity contribution in [1.29, 1.82) is 0 Å². The van der Waals surface area contributed by atoms with Crippen LogP contribution in [0.4, 0.5) is 0 Å². The van der Waals surface area contributed by atoms with E-state index in [9.17, 15) is 0 Å². The zero-order valence-corrected chi connectivity index (χ0v) is 9.09. The van der Waals surface area contributed by atoms with Gasteiger partial charge in [0.05, 0.1) is 13.2 Å². The molecule has 0 aliphatic carbocycles. The Morgan fingerprint density at radius 1 is 1.56 bits per heavy atom. The molecule has 0 spiro atoms. The Bertz CT molecular complexity index is 373. The van der Waals surface area contributed by atoms with Crippen LogP contribution < -0.4 is 10.2 Å². The van der Waals surface area contributed by atoms with Gasteiger partial charge in [-0.3, -0.25) is 0 Å². The fourth-order valence-corrected chi connectivity index (χ4v) is 1.56. The first-order valence-electron chi connectivity index (χ1n) is 4.80. The highest BCUT2D eigenvalue weighted by molar-refractivity contribution is 6.62. The van der Waals surface area contributed by atoms with Crippen molar-refractivity contribution in [2.75, 3.05) is 13.2 Å². The summed E-state index contributed by atoms with van der Waals surface area (Å²) in [4.78, 5) is 7.65. The topological polar surface area (TPSA) is 84.7 Å². The fraction of sp³-hybridized carbons (Fsp3) is 0.500. The molecule has 1 fully saturated rings. The summed E-state index contributed by atoms with van der Waals surface area (Å²) < 4.78 is 10.5. The van der Waals surface area contributed by atoms with E-state index in [-0.39, 0.29) is 22.7 Å². The van der Waals surface area contributed by atoms with Gasteiger partial charge in [-0.25, -0.2) is 4.98 Å². The summed E-state index contributed by atoms with van der Waals surface area (Å²) in [6.07, 6.45) is 1.94. The van der Waals surface area contributed by atoms with E-state index in [2.05, 4.69) is 9.97 Å². The van der Waals surface area contributed by atoms with Crippen molar-refractivity contribution in [3.8, 4) is 6.01 Å². The Morgan fingerprint density at radius 3 is 2.94 bits per heavy atom. The van der Waals surface area contributed by atoms with E-state index >= 15 is 0 Å². The smallest absolute Gasteiger partial charge is 0.458 e. The first-order chi connectivity index (χ1) is 7.66. The summed E-state index contributed by atoms with van der Waals surface area (Å²) in [6, 6.07) is 0.116. The first-order valence-corrected chi connectivity index (χ1v) is 5.17. The van der Waals surface area contributed by atoms with Gasteiger partial charge in [-0.05, 0) is 0 Å². The Kier molecular flexibility index (Phi) is 3.60. The third-order valence-electron chi connectivity index (χ3n) is 2.18. The molecule has 0 radical (unpaired) electrons. The minimum atomic E-state index is -1.68. The molecule has 1 aliphatic rings. The van der Waals surface area contributed by atoms with Gasteiger partial charge in [0.1, 0.15) is 11.3 Å². The van der Waals surface area contributed by atoms with Gasteiger partial charge in [0.15, 0.2) is 0 Å². The molecule has 6 nitrogen and oxygen atoms in total. The SMILES string of the molecule is OB(O)c1cnc(OC2CCOC2)nc1Cl. The molecule has 2 rings (SSSR count). The molecular formula is C8H10BClN2O4. The molecule has 8 heteroatoms. The van der Waals surface area contributed by atoms with Gasteiger partial charge in [-0.2, -0.15) is 4.98 Å². The van der Waals surface area contributed by atoms with E-state index in [4.69, 9.17) is 31.1 Å². The van der Waals surface area contributed by atoms with Crippen molar-refractivity contribution in [1.82, 2.24) is 9.97 Å². The number of hydrogen-bond acceptors (Lipinski definition) is 6. The Hall–Kier alpha value is -0.885. The average Bonchev–Trinajstić information content (AvgIpc) is 2.70. The van der Waals surface area contributed by atoms with E-state index in [0.29, 0.717) is 13.2 Å². The average molecular weight is 244 g/mol. The quantitative estimate of drug-likeness (QED) is 0.523. The lowest BCUT2D eigenvalue weighted by molar-refractivity contribution is 0.134. The summed E-state index contributed by atoms with van der Waals surface area (Å²) in [5.41, 5.74) is 0.0525. The summed E-state index contributed by atoms with van der Waals surface area (Å²) in [5, 5.41) is 17.8. The van der Waals surface area contributed by atoms with Gasteiger partial charge in [-0.15, -0.1) is 0 Å². The number of hydrogen-bond donors (Lipinski definition) is 2. The minimum Gasteiger partial charge on any atom is -0.458 e. The van der Waals surface area contributed by atoms with Crippen LogP contribution in [-0.4, -0.2) is 46.5 Å². The number of ether oxygens (including phenoxy) is 2. The molecule has 1 unspecified atom stereocenters. The molecule has 1 atom stereocenters. The lowest BCUT2D eigenvalue weighted by atomic mass is 9.83. The molecule has 0 saturated carbocycles. The molecule has 2 heterocycles. The van der Waals surface area contributed by atoms with Crippen LogP contribution in [0, 0.1) is 0 Å². The van der Waals surface area contributed by atoms with E-state index in [1.165, 1.54) is 6.20 Å². The number of halogens is 1. The third-order valence-corrected chi connectivity index (χ3v) is 2.49. The highest BCUT2D eigenvalue weighted by Gasteiger charge is 2.21. The molecule has 1 aromatic rings. The molecule has 1 aromatic heterocycles. The molecule has 0 bridgehead atoms. The van der Waals surface area contributed by atoms with E-state index in [1.54, 1.807) is 0 Å². The molecule has 1 saturated heterocycles. The predicted octanol–water partition coefficient (Wildman–Crippen LogP) is -1.02. The number of rotatable bonds is 3. The van der Waals surface area contributed by atoms with Crippen molar-refractivity contribution in [3.63, 3.8) is 0 Å². The zero-order chi connectivity index (χ0) is 11.5. The van der Waals surface area contributed by atoms with E-state index < -0.39 is 7.12 Å². The zero-order valence-electron chi connectivity index (χ0n) is 8.34. The lowest BCUT2D eigenvalue weighted by Crippen LogP contribution is -2.32. The normalized spacial score (nSPS) is 19.8. The molecule has 2 N–H and O–H groups in total. The van der Waals surface area contributed by atoms with Gasteiger partial charge in [0, 0.05) is 18.1 Å². The molecular weight excluding hydrogens is 234 g/mol. The van der Waals surface area contributed by atoms with Crippen LogP contribution in [0.3, 0.4) is 0 Å². The van der Waals surface area contributed by atoms with Crippen LogP contribution in [0.2, 0.25) is 5.15 Å². The first kappa shape index (κ1) is 11.6. The van der Waals surface area contributed by atoms with Crippen LogP contribution >= 0.6 is 11.6 Å². The summed E-state index contributed by atoms with van der Waals surface area (Å²) in [5.74, 6) is 0. The maximum atomic E-state index is 8.91. The monoisotopic (exact) mass is 244 g/mol. The standard InChI is InChI=1S/C8H10BClN2O4/c10-7-6(9(13)14)3-11-8(12-7)16-5-1-2-15-4-5/h3,5,13-14H,1-2,4H2. The second kappa shape index (κ2) is 4.96. The van der Waals surface area contributed by atoms with Crippen molar-refractivity contribution < 1.29 is 19.5 Å². The van der Waals surface area contributed by atoms with Crippen LogP contribution in [-0.2, 0) is 4.74 Å². The van der Waals surface area contributed by atoms with E-state index in [1.807, 2.05) is 0 Å². The van der Waals surface area contributed by atoms with E-state index in [0.717, 1.165) is 6.42 Å². The summed E-state index contributed by atoms with van der Waals surface area (Å²) in [7, 11) is -1.68. The molecule has 16 heavy (non-hydrogen) atoms. The second-order valence-electron chi connectivity index (χ2n) is 3.38. The Labute approximate surface area is 97.3 Å². The second-order valence-corrected chi connectivity index (χ2v) is 3.73. The Morgan fingerprint density at radius 2 is 2.38 bits per heavy atom. The van der Waals surface area contributed by atoms with Crippen LogP contribution in [0.15, 0.2) is 6.20 Å². The van der Waals surface area contributed by atoms with Gasteiger partial charge in [-0.1, -0.05) is 11.6 Å². The van der Waals surface area contributed by atoms with Gasteiger partial charge >= 0.3 is 13.1 Å². The maximum absolute atomic E-state index is 8.91.